The number of halogens is 2. The Morgan fingerprint density at radius 1 is 1.31 bits per heavy atom. The minimum absolute atomic E-state index is 0.0619. The SMILES string of the molecule is N#Cc1nc(COc2ccc(Cl)cc2Cl)oc1NCC[NH+]1CCOCC1. The van der Waals surface area contributed by atoms with E-state index >= 15 is 0 Å². The molecular formula is C17H19Cl2N4O3+. The molecule has 0 atom stereocenters. The van der Waals surface area contributed by atoms with Crippen LogP contribution in [0.1, 0.15) is 11.6 Å². The fraction of sp³-hybridized carbons (Fsp3) is 0.412. The lowest BCUT2D eigenvalue weighted by molar-refractivity contribution is -0.906. The van der Waals surface area contributed by atoms with E-state index in [0.29, 0.717) is 34.1 Å². The van der Waals surface area contributed by atoms with E-state index in [1.54, 1.807) is 18.2 Å². The summed E-state index contributed by atoms with van der Waals surface area (Å²) in [6.45, 7) is 5.22. The standard InChI is InChI=1S/C17H18Cl2N4O3/c18-12-1-2-15(13(19)9-12)25-11-16-22-14(10-20)17(26-16)21-3-4-23-5-7-24-8-6-23/h1-2,9,21H,3-8,11H2/p+1. The van der Waals surface area contributed by atoms with Crippen LogP contribution in [0.15, 0.2) is 22.6 Å². The number of nitriles is 1. The first kappa shape index (κ1) is 18.8. The number of benzene rings is 1. The van der Waals surface area contributed by atoms with Crippen LogP contribution >= 0.6 is 23.2 Å². The summed E-state index contributed by atoms with van der Waals surface area (Å²) in [6.07, 6.45) is 0. The van der Waals surface area contributed by atoms with Gasteiger partial charge < -0.3 is 24.1 Å². The van der Waals surface area contributed by atoms with Crippen LogP contribution < -0.4 is 15.0 Å². The van der Waals surface area contributed by atoms with Crippen LogP contribution in [0.2, 0.25) is 10.0 Å². The highest BCUT2D eigenvalue weighted by molar-refractivity contribution is 6.35. The Balaban J connectivity index is 1.55. The second kappa shape index (κ2) is 9.10. The lowest BCUT2D eigenvalue weighted by atomic mass is 10.3. The summed E-state index contributed by atoms with van der Waals surface area (Å²) in [4.78, 5) is 5.61. The van der Waals surface area contributed by atoms with E-state index in [-0.39, 0.29) is 12.3 Å². The molecule has 2 heterocycles. The van der Waals surface area contributed by atoms with Gasteiger partial charge in [0.1, 0.15) is 24.9 Å². The quantitative estimate of drug-likeness (QED) is 0.740. The van der Waals surface area contributed by atoms with Gasteiger partial charge in [-0.3, -0.25) is 0 Å². The molecule has 0 radical (unpaired) electrons. The second-order valence-corrected chi connectivity index (χ2v) is 6.64. The van der Waals surface area contributed by atoms with Crippen LogP contribution in [0.5, 0.6) is 5.75 Å². The van der Waals surface area contributed by atoms with E-state index in [1.807, 2.05) is 6.07 Å². The Labute approximate surface area is 161 Å². The Morgan fingerprint density at radius 3 is 2.85 bits per heavy atom. The Morgan fingerprint density at radius 2 is 2.12 bits per heavy atom. The van der Waals surface area contributed by atoms with Gasteiger partial charge in [0.25, 0.3) is 0 Å². The summed E-state index contributed by atoms with van der Waals surface area (Å²) >= 11 is 11.9. The molecule has 1 fully saturated rings. The minimum atomic E-state index is 0.0619. The van der Waals surface area contributed by atoms with Gasteiger partial charge in [-0.2, -0.15) is 10.2 Å². The van der Waals surface area contributed by atoms with E-state index in [9.17, 15) is 5.26 Å². The second-order valence-electron chi connectivity index (χ2n) is 5.80. The van der Waals surface area contributed by atoms with Crippen molar-refractivity contribution >= 4 is 29.1 Å². The van der Waals surface area contributed by atoms with Crippen molar-refractivity contribution in [1.82, 2.24) is 4.98 Å². The zero-order chi connectivity index (χ0) is 18.4. The lowest BCUT2D eigenvalue weighted by Gasteiger charge is -2.23. The fourth-order valence-corrected chi connectivity index (χ4v) is 3.08. The smallest absolute Gasteiger partial charge is 0.236 e. The molecule has 1 aliphatic heterocycles. The largest absolute Gasteiger partial charge is 0.482 e. The van der Waals surface area contributed by atoms with Crippen molar-refractivity contribution in [2.24, 2.45) is 0 Å². The number of oxazole rings is 1. The molecule has 0 unspecified atom stereocenters. The summed E-state index contributed by atoms with van der Waals surface area (Å²) in [5.74, 6) is 1.13. The molecule has 7 nitrogen and oxygen atoms in total. The maximum absolute atomic E-state index is 9.23. The number of quaternary nitrogens is 1. The molecule has 2 aromatic rings. The lowest BCUT2D eigenvalue weighted by Crippen LogP contribution is -3.14. The van der Waals surface area contributed by atoms with Gasteiger partial charge in [-0.25, -0.2) is 0 Å². The van der Waals surface area contributed by atoms with Crippen LogP contribution in [0, 0.1) is 11.3 Å². The maximum Gasteiger partial charge on any atom is 0.236 e. The fourth-order valence-electron chi connectivity index (χ4n) is 2.62. The van der Waals surface area contributed by atoms with Gasteiger partial charge in [-0.1, -0.05) is 23.2 Å². The highest BCUT2D eigenvalue weighted by atomic mass is 35.5. The molecule has 0 amide bonds. The van der Waals surface area contributed by atoms with Crippen molar-refractivity contribution in [1.29, 1.82) is 5.26 Å². The molecular weight excluding hydrogens is 379 g/mol. The number of morpholine rings is 1. The predicted octanol–water partition coefficient (Wildman–Crippen LogP) is 1.76. The third-order valence-electron chi connectivity index (χ3n) is 3.99. The average Bonchev–Trinajstić information content (AvgIpc) is 3.04. The Bertz CT molecular complexity index is 785. The molecule has 0 bridgehead atoms. The molecule has 0 aliphatic carbocycles. The van der Waals surface area contributed by atoms with Gasteiger partial charge in [0, 0.05) is 5.02 Å². The number of nitrogens with zero attached hydrogens (tertiary/aromatic N) is 2. The molecule has 138 valence electrons. The molecule has 1 aromatic carbocycles. The third-order valence-corrected chi connectivity index (χ3v) is 4.52. The number of anilines is 1. The number of hydrogen-bond acceptors (Lipinski definition) is 6. The highest BCUT2D eigenvalue weighted by Crippen LogP contribution is 2.28. The van der Waals surface area contributed by atoms with Crippen LogP contribution in [0.25, 0.3) is 0 Å². The maximum atomic E-state index is 9.23. The van der Waals surface area contributed by atoms with Gasteiger partial charge in [-0.05, 0) is 18.2 Å². The van der Waals surface area contributed by atoms with E-state index < -0.39 is 0 Å². The molecule has 0 spiro atoms. The average molecular weight is 398 g/mol. The van der Waals surface area contributed by atoms with Crippen molar-refractivity contribution in [2.75, 3.05) is 44.7 Å². The summed E-state index contributed by atoms with van der Waals surface area (Å²) < 4.78 is 16.5. The first-order valence-electron chi connectivity index (χ1n) is 8.28. The van der Waals surface area contributed by atoms with E-state index in [0.717, 1.165) is 32.8 Å². The molecule has 1 aromatic heterocycles. The summed E-state index contributed by atoms with van der Waals surface area (Å²) in [6, 6.07) is 6.97. The Kier molecular flexibility index (Phi) is 6.58. The number of aromatic nitrogens is 1. The topological polar surface area (TPSA) is 84.8 Å². The van der Waals surface area contributed by atoms with Crippen LogP contribution in [0.4, 0.5) is 5.88 Å². The van der Waals surface area contributed by atoms with Crippen molar-refractivity contribution in [2.45, 2.75) is 6.61 Å². The first-order valence-corrected chi connectivity index (χ1v) is 9.04. The molecule has 9 heteroatoms. The zero-order valence-electron chi connectivity index (χ0n) is 14.1. The van der Waals surface area contributed by atoms with Crippen molar-refractivity contribution < 1.29 is 18.8 Å². The number of ether oxygens (including phenoxy) is 2. The minimum Gasteiger partial charge on any atom is -0.482 e. The summed E-state index contributed by atoms with van der Waals surface area (Å²) in [5, 5.41) is 13.3. The monoisotopic (exact) mass is 397 g/mol. The van der Waals surface area contributed by atoms with E-state index in [4.69, 9.17) is 37.1 Å². The van der Waals surface area contributed by atoms with Gasteiger partial charge in [0.2, 0.25) is 17.5 Å². The van der Waals surface area contributed by atoms with Gasteiger partial charge in [0.05, 0.1) is 31.3 Å². The van der Waals surface area contributed by atoms with Crippen LogP contribution in [0.3, 0.4) is 0 Å². The molecule has 26 heavy (non-hydrogen) atoms. The van der Waals surface area contributed by atoms with Crippen molar-refractivity contribution in [3.05, 3.63) is 39.8 Å². The van der Waals surface area contributed by atoms with Gasteiger partial charge in [0.15, 0.2) is 6.61 Å². The van der Waals surface area contributed by atoms with E-state index in [2.05, 4.69) is 10.3 Å². The third kappa shape index (κ3) is 5.02. The number of nitrogens with one attached hydrogen (secondary N) is 2. The van der Waals surface area contributed by atoms with E-state index in [1.165, 1.54) is 4.90 Å². The summed E-state index contributed by atoms with van der Waals surface area (Å²) in [7, 11) is 0. The highest BCUT2D eigenvalue weighted by Gasteiger charge is 2.16. The van der Waals surface area contributed by atoms with Gasteiger partial charge in [-0.15, -0.1) is 0 Å². The molecule has 1 saturated heterocycles. The van der Waals surface area contributed by atoms with Crippen LogP contribution in [-0.2, 0) is 11.3 Å². The molecule has 3 rings (SSSR count). The van der Waals surface area contributed by atoms with Crippen molar-refractivity contribution in [3.63, 3.8) is 0 Å². The number of hydrogen-bond donors (Lipinski definition) is 2. The normalized spacial score (nSPS) is 14.8. The summed E-state index contributed by atoms with van der Waals surface area (Å²) in [5.41, 5.74) is 0.211. The molecule has 1 aliphatic rings. The first-order chi connectivity index (χ1) is 12.7. The Hall–Kier alpha value is -1.98. The van der Waals surface area contributed by atoms with Crippen LogP contribution in [-0.4, -0.2) is 44.4 Å². The van der Waals surface area contributed by atoms with Gasteiger partial charge >= 0.3 is 0 Å². The zero-order valence-corrected chi connectivity index (χ0v) is 15.6. The van der Waals surface area contributed by atoms with Crippen molar-refractivity contribution in [3.8, 4) is 11.8 Å². The number of rotatable bonds is 7. The molecule has 2 N–H and O–H groups in total. The molecule has 0 saturated carbocycles. The predicted molar refractivity (Wildman–Crippen MR) is 96.9 cm³/mol.